The fourth-order valence-electron chi connectivity index (χ4n) is 0.938. The molecule has 1 aromatic rings. The zero-order valence-corrected chi connectivity index (χ0v) is 6.36. The first kappa shape index (κ1) is 7.51. The third kappa shape index (κ3) is 1.72. The molecule has 1 aliphatic rings. The van der Waals surface area contributed by atoms with Crippen molar-refractivity contribution >= 4 is 5.88 Å². The van der Waals surface area contributed by atoms with Gasteiger partial charge in [0.25, 0.3) is 0 Å². The van der Waals surface area contributed by atoms with Gasteiger partial charge >= 0.3 is 0 Å². The molecule has 0 aromatic carbocycles. The Labute approximate surface area is 69.3 Å². The summed E-state index contributed by atoms with van der Waals surface area (Å²) in [5, 5.41) is 12.8. The monoisotopic (exact) mass is 169 g/mol. The van der Waals surface area contributed by atoms with Crippen LogP contribution in [0.4, 0.5) is 5.88 Å². The number of hydrogen-bond acceptors (Lipinski definition) is 6. The summed E-state index contributed by atoms with van der Waals surface area (Å²) in [6, 6.07) is 0. The van der Waals surface area contributed by atoms with Gasteiger partial charge < -0.3 is 19.9 Å². The van der Waals surface area contributed by atoms with E-state index in [0.717, 1.165) is 6.54 Å². The molecule has 6 heteroatoms. The molecule has 0 saturated carbocycles. The molecule has 0 spiro atoms. The van der Waals surface area contributed by atoms with E-state index in [4.69, 9.17) is 9.26 Å². The zero-order chi connectivity index (χ0) is 8.23. The minimum Gasteiger partial charge on any atom is -0.355 e. The Kier molecular flexibility index (Phi) is 2.19. The Morgan fingerprint density at radius 3 is 3.33 bits per heavy atom. The Morgan fingerprint density at radius 1 is 1.67 bits per heavy atom. The standard InChI is InChI=1S/C6H9N4O2/c1-2-11-5(3-7-1)9-6-4-8-10-12-6/h3-5,7,9H,1-2H2. The maximum atomic E-state index is 5.31. The maximum absolute atomic E-state index is 5.31. The average Bonchev–Trinajstić information content (AvgIpc) is 2.59. The van der Waals surface area contributed by atoms with Crippen LogP contribution in [0, 0.1) is 6.54 Å². The minimum absolute atomic E-state index is 0.173. The molecule has 1 radical (unpaired) electrons. The molecule has 2 N–H and O–H groups in total. The van der Waals surface area contributed by atoms with Crippen molar-refractivity contribution in [1.82, 2.24) is 15.7 Å². The number of hydrogen-bond donors (Lipinski definition) is 2. The van der Waals surface area contributed by atoms with Gasteiger partial charge in [-0.2, -0.15) is 0 Å². The number of rotatable bonds is 2. The van der Waals surface area contributed by atoms with Gasteiger partial charge in [-0.15, -0.1) is 5.10 Å². The van der Waals surface area contributed by atoms with E-state index in [1.807, 2.05) is 6.54 Å². The predicted molar refractivity (Wildman–Crippen MR) is 40.0 cm³/mol. The van der Waals surface area contributed by atoms with E-state index in [-0.39, 0.29) is 6.23 Å². The van der Waals surface area contributed by atoms with Crippen LogP contribution in [-0.2, 0) is 4.74 Å². The molecule has 6 nitrogen and oxygen atoms in total. The molecule has 1 atom stereocenters. The lowest BCUT2D eigenvalue weighted by atomic mass is 10.4. The zero-order valence-electron chi connectivity index (χ0n) is 6.36. The SMILES string of the molecule is [CH]1NCCOC1Nc1cnno1. The van der Waals surface area contributed by atoms with Gasteiger partial charge in [0.05, 0.1) is 13.2 Å². The quantitative estimate of drug-likeness (QED) is 0.627. The topological polar surface area (TPSA) is 72.2 Å². The second-order valence-electron chi connectivity index (χ2n) is 2.34. The van der Waals surface area contributed by atoms with Gasteiger partial charge in [-0.05, 0) is 0 Å². The van der Waals surface area contributed by atoms with Gasteiger partial charge in [0.2, 0.25) is 5.88 Å². The van der Waals surface area contributed by atoms with E-state index in [1.54, 1.807) is 0 Å². The second kappa shape index (κ2) is 3.51. The predicted octanol–water partition coefficient (Wildman–Crippen LogP) is -0.411. The van der Waals surface area contributed by atoms with Crippen molar-refractivity contribution in [1.29, 1.82) is 0 Å². The summed E-state index contributed by atoms with van der Waals surface area (Å²) < 4.78 is 10.0. The third-order valence-electron chi connectivity index (χ3n) is 1.46. The number of ether oxygens (including phenoxy) is 1. The van der Waals surface area contributed by atoms with Gasteiger partial charge in [-0.25, -0.2) is 0 Å². The van der Waals surface area contributed by atoms with Crippen LogP contribution in [0.2, 0.25) is 0 Å². The number of nitrogens with zero attached hydrogens (tertiary/aromatic N) is 2. The average molecular weight is 169 g/mol. The largest absolute Gasteiger partial charge is 0.355 e. The fraction of sp³-hybridized carbons (Fsp3) is 0.500. The van der Waals surface area contributed by atoms with E-state index in [2.05, 4.69) is 21.0 Å². The van der Waals surface area contributed by atoms with Gasteiger partial charge in [0.15, 0.2) is 0 Å². The van der Waals surface area contributed by atoms with Crippen LogP contribution in [0.5, 0.6) is 0 Å². The highest BCUT2D eigenvalue weighted by atomic mass is 16.5. The van der Waals surface area contributed by atoms with Gasteiger partial charge in [0, 0.05) is 11.8 Å². The van der Waals surface area contributed by atoms with Gasteiger partial charge in [-0.3, -0.25) is 0 Å². The van der Waals surface area contributed by atoms with Crippen molar-refractivity contribution in [2.75, 3.05) is 18.5 Å². The fourth-order valence-corrected chi connectivity index (χ4v) is 0.938. The first-order chi connectivity index (χ1) is 5.95. The molecule has 2 heterocycles. The molecular weight excluding hydrogens is 160 g/mol. The smallest absolute Gasteiger partial charge is 0.247 e. The number of anilines is 1. The lowest BCUT2D eigenvalue weighted by Gasteiger charge is -2.22. The summed E-state index contributed by atoms with van der Waals surface area (Å²) in [4.78, 5) is 0. The Hall–Kier alpha value is -1.14. The summed E-state index contributed by atoms with van der Waals surface area (Å²) in [7, 11) is 0. The second-order valence-corrected chi connectivity index (χ2v) is 2.34. The highest BCUT2D eigenvalue weighted by Crippen LogP contribution is 2.07. The summed E-state index contributed by atoms with van der Waals surface area (Å²) in [5.74, 6) is 0.500. The summed E-state index contributed by atoms with van der Waals surface area (Å²) in [5.41, 5.74) is 0. The first-order valence-corrected chi connectivity index (χ1v) is 3.67. The normalized spacial score (nSPS) is 23.8. The Bertz CT molecular complexity index is 219. The summed E-state index contributed by atoms with van der Waals surface area (Å²) in [6.45, 7) is 3.33. The van der Waals surface area contributed by atoms with E-state index in [1.165, 1.54) is 6.20 Å². The first-order valence-electron chi connectivity index (χ1n) is 3.67. The molecule has 2 rings (SSSR count). The minimum atomic E-state index is -0.173. The van der Waals surface area contributed by atoms with Crippen molar-refractivity contribution in [2.45, 2.75) is 6.23 Å². The Balaban J connectivity index is 1.86. The number of morpholine rings is 1. The van der Waals surface area contributed by atoms with E-state index >= 15 is 0 Å². The third-order valence-corrected chi connectivity index (χ3v) is 1.46. The van der Waals surface area contributed by atoms with Crippen molar-refractivity contribution in [3.05, 3.63) is 12.7 Å². The van der Waals surface area contributed by atoms with Crippen molar-refractivity contribution in [3.63, 3.8) is 0 Å². The lowest BCUT2D eigenvalue weighted by Crippen LogP contribution is -2.38. The molecule has 1 saturated heterocycles. The van der Waals surface area contributed by atoms with Crippen molar-refractivity contribution in [2.24, 2.45) is 0 Å². The van der Waals surface area contributed by atoms with Gasteiger partial charge in [-0.1, -0.05) is 0 Å². The summed E-state index contributed by atoms with van der Waals surface area (Å²) in [6.07, 6.45) is 1.32. The molecule has 0 bridgehead atoms. The van der Waals surface area contributed by atoms with Crippen LogP contribution in [-0.4, -0.2) is 29.7 Å². The molecule has 1 aromatic heterocycles. The molecule has 0 aliphatic carbocycles. The molecular formula is C6H9N4O2. The van der Waals surface area contributed by atoms with Crippen LogP contribution in [0.25, 0.3) is 0 Å². The van der Waals surface area contributed by atoms with Crippen molar-refractivity contribution in [3.8, 4) is 0 Å². The van der Waals surface area contributed by atoms with E-state index in [9.17, 15) is 0 Å². The number of aromatic nitrogens is 2. The lowest BCUT2D eigenvalue weighted by molar-refractivity contribution is 0.0662. The number of nitrogens with one attached hydrogen (secondary N) is 2. The molecule has 12 heavy (non-hydrogen) atoms. The van der Waals surface area contributed by atoms with Crippen LogP contribution in [0.15, 0.2) is 10.7 Å². The van der Waals surface area contributed by atoms with E-state index < -0.39 is 0 Å². The van der Waals surface area contributed by atoms with Gasteiger partial charge in [0.1, 0.15) is 12.4 Å². The Morgan fingerprint density at radius 2 is 2.67 bits per heavy atom. The van der Waals surface area contributed by atoms with Crippen molar-refractivity contribution < 1.29 is 9.26 Å². The van der Waals surface area contributed by atoms with Crippen LogP contribution >= 0.6 is 0 Å². The van der Waals surface area contributed by atoms with E-state index in [0.29, 0.717) is 12.5 Å². The van der Waals surface area contributed by atoms with Crippen LogP contribution < -0.4 is 10.6 Å². The highest BCUT2D eigenvalue weighted by molar-refractivity contribution is 5.26. The maximum Gasteiger partial charge on any atom is 0.247 e. The molecule has 1 fully saturated rings. The van der Waals surface area contributed by atoms with Crippen LogP contribution in [0.1, 0.15) is 0 Å². The van der Waals surface area contributed by atoms with Crippen LogP contribution in [0.3, 0.4) is 0 Å². The molecule has 1 aliphatic heterocycles. The molecule has 1 unspecified atom stereocenters. The molecule has 0 amide bonds. The summed E-state index contributed by atoms with van der Waals surface area (Å²) >= 11 is 0. The highest BCUT2D eigenvalue weighted by Gasteiger charge is 2.14. The molecule has 65 valence electrons.